The van der Waals surface area contributed by atoms with Crippen LogP contribution in [0.2, 0.25) is 0 Å². The maximum Gasteiger partial charge on any atom is 0.573 e. The fourth-order valence-corrected chi connectivity index (χ4v) is 2.96. The van der Waals surface area contributed by atoms with E-state index < -0.39 is 6.36 Å². The van der Waals surface area contributed by atoms with Crippen LogP contribution in [0.1, 0.15) is 44.1 Å². The largest absolute Gasteiger partial charge is 0.573 e. The third-order valence-corrected chi connectivity index (χ3v) is 4.02. The summed E-state index contributed by atoms with van der Waals surface area (Å²) in [4.78, 5) is 11.7. The number of hydrogen-bond acceptors (Lipinski definition) is 4. The zero-order chi connectivity index (χ0) is 17.0. The average Bonchev–Trinajstić information content (AvgIpc) is 2.48. The predicted molar refractivity (Wildman–Crippen MR) is 76.1 cm³/mol. The molecule has 0 saturated heterocycles. The molecule has 1 fully saturated rings. The number of carbonyl (C=O) groups is 1. The molecule has 7 heteroatoms. The third-order valence-electron chi connectivity index (χ3n) is 4.02. The van der Waals surface area contributed by atoms with Crippen molar-refractivity contribution >= 4 is 5.97 Å². The van der Waals surface area contributed by atoms with E-state index in [0.717, 1.165) is 6.07 Å². The SMILES string of the molecule is CCOC(=O)C1CCC(c2cc(OC(F)(F)F)ccc2O)CC1. The molecule has 23 heavy (non-hydrogen) atoms. The third kappa shape index (κ3) is 4.77. The second kappa shape index (κ2) is 7.10. The molecule has 1 aromatic rings. The molecule has 1 aromatic carbocycles. The second-order valence-electron chi connectivity index (χ2n) is 5.57. The Hall–Kier alpha value is -1.92. The highest BCUT2D eigenvalue weighted by Crippen LogP contribution is 2.41. The van der Waals surface area contributed by atoms with Gasteiger partial charge in [0.15, 0.2) is 0 Å². The minimum Gasteiger partial charge on any atom is -0.508 e. The van der Waals surface area contributed by atoms with Gasteiger partial charge in [-0.1, -0.05) is 0 Å². The van der Waals surface area contributed by atoms with Crippen LogP contribution in [0.15, 0.2) is 18.2 Å². The molecule has 1 aliphatic rings. The smallest absolute Gasteiger partial charge is 0.508 e. The Balaban J connectivity index is 2.05. The number of aromatic hydroxyl groups is 1. The summed E-state index contributed by atoms with van der Waals surface area (Å²) in [6.45, 7) is 2.07. The molecule has 0 amide bonds. The summed E-state index contributed by atoms with van der Waals surface area (Å²) >= 11 is 0. The molecule has 0 spiro atoms. The molecule has 0 unspecified atom stereocenters. The lowest BCUT2D eigenvalue weighted by Gasteiger charge is -2.28. The number of rotatable bonds is 4. The van der Waals surface area contributed by atoms with Crippen LogP contribution in [0.3, 0.4) is 0 Å². The molecular weight excluding hydrogens is 313 g/mol. The average molecular weight is 332 g/mol. The number of phenols is 1. The fraction of sp³-hybridized carbons (Fsp3) is 0.562. The Morgan fingerprint density at radius 3 is 2.48 bits per heavy atom. The summed E-state index contributed by atoms with van der Waals surface area (Å²) in [6.07, 6.45) is -2.38. The van der Waals surface area contributed by atoms with Gasteiger partial charge in [-0.3, -0.25) is 4.79 Å². The topological polar surface area (TPSA) is 55.8 Å². The van der Waals surface area contributed by atoms with E-state index in [1.165, 1.54) is 12.1 Å². The number of esters is 1. The van der Waals surface area contributed by atoms with Crippen molar-refractivity contribution < 1.29 is 32.5 Å². The van der Waals surface area contributed by atoms with Crippen molar-refractivity contribution in [2.75, 3.05) is 6.61 Å². The number of hydrogen-bond donors (Lipinski definition) is 1. The highest BCUT2D eigenvalue weighted by atomic mass is 19.4. The molecule has 0 aliphatic heterocycles. The molecule has 2 rings (SSSR count). The van der Waals surface area contributed by atoms with Crippen molar-refractivity contribution in [3.05, 3.63) is 23.8 Å². The van der Waals surface area contributed by atoms with Crippen LogP contribution < -0.4 is 4.74 Å². The van der Waals surface area contributed by atoms with Gasteiger partial charge in [-0.05, 0) is 56.7 Å². The fourth-order valence-electron chi connectivity index (χ4n) is 2.96. The maximum atomic E-state index is 12.3. The van der Waals surface area contributed by atoms with Crippen molar-refractivity contribution in [1.82, 2.24) is 0 Å². The Kier molecular flexibility index (Phi) is 5.38. The van der Waals surface area contributed by atoms with E-state index in [1.807, 2.05) is 0 Å². The van der Waals surface area contributed by atoms with Crippen molar-refractivity contribution in [3.63, 3.8) is 0 Å². The van der Waals surface area contributed by atoms with Crippen molar-refractivity contribution in [1.29, 1.82) is 0 Å². The summed E-state index contributed by atoms with van der Waals surface area (Å²) in [5.41, 5.74) is 0.425. The number of alkyl halides is 3. The number of carbonyl (C=O) groups excluding carboxylic acids is 1. The van der Waals surface area contributed by atoms with Crippen LogP contribution in [0, 0.1) is 5.92 Å². The van der Waals surface area contributed by atoms with Crippen molar-refractivity contribution in [2.24, 2.45) is 5.92 Å². The summed E-state index contributed by atoms with van der Waals surface area (Å²) in [7, 11) is 0. The van der Waals surface area contributed by atoms with Crippen LogP contribution in [0.4, 0.5) is 13.2 Å². The molecule has 4 nitrogen and oxygen atoms in total. The highest BCUT2D eigenvalue weighted by molar-refractivity contribution is 5.72. The molecule has 1 aliphatic carbocycles. The first-order valence-electron chi connectivity index (χ1n) is 7.55. The van der Waals surface area contributed by atoms with E-state index in [9.17, 15) is 23.1 Å². The maximum absolute atomic E-state index is 12.3. The minimum absolute atomic E-state index is 0.0564. The summed E-state index contributed by atoms with van der Waals surface area (Å²) in [6, 6.07) is 3.50. The highest BCUT2D eigenvalue weighted by Gasteiger charge is 2.33. The van der Waals surface area contributed by atoms with E-state index in [0.29, 0.717) is 37.9 Å². The number of halogens is 3. The molecule has 0 aromatic heterocycles. The number of ether oxygens (including phenoxy) is 2. The first-order chi connectivity index (χ1) is 10.8. The molecule has 1 saturated carbocycles. The Morgan fingerprint density at radius 2 is 1.91 bits per heavy atom. The summed E-state index contributed by atoms with van der Waals surface area (Å²) < 4.78 is 45.8. The van der Waals surface area contributed by atoms with Crippen LogP contribution in [-0.2, 0) is 9.53 Å². The van der Waals surface area contributed by atoms with E-state index >= 15 is 0 Å². The minimum atomic E-state index is -4.77. The van der Waals surface area contributed by atoms with Gasteiger partial charge in [-0.25, -0.2) is 0 Å². The Bertz CT molecular complexity index is 549. The van der Waals surface area contributed by atoms with Crippen LogP contribution in [0.25, 0.3) is 0 Å². The summed E-state index contributed by atoms with van der Waals surface area (Å²) in [5, 5.41) is 9.92. The quantitative estimate of drug-likeness (QED) is 0.843. The van der Waals surface area contributed by atoms with E-state index in [1.54, 1.807) is 6.92 Å². The monoisotopic (exact) mass is 332 g/mol. The van der Waals surface area contributed by atoms with Crippen molar-refractivity contribution in [2.45, 2.75) is 44.9 Å². The first kappa shape index (κ1) is 17.4. The van der Waals surface area contributed by atoms with Gasteiger partial charge in [0.2, 0.25) is 0 Å². The lowest BCUT2D eigenvalue weighted by atomic mass is 9.78. The van der Waals surface area contributed by atoms with Gasteiger partial charge in [0.1, 0.15) is 11.5 Å². The van der Waals surface area contributed by atoms with Crippen LogP contribution in [-0.4, -0.2) is 24.0 Å². The van der Waals surface area contributed by atoms with E-state index in [-0.39, 0.29) is 29.3 Å². The molecular formula is C16H19F3O4. The number of phenolic OH excluding ortho intramolecular Hbond substituents is 1. The molecule has 0 heterocycles. The molecule has 0 radical (unpaired) electrons. The lowest BCUT2D eigenvalue weighted by Crippen LogP contribution is -2.23. The first-order valence-corrected chi connectivity index (χ1v) is 7.55. The van der Waals surface area contributed by atoms with Crippen LogP contribution >= 0.6 is 0 Å². The van der Waals surface area contributed by atoms with Gasteiger partial charge < -0.3 is 14.6 Å². The van der Waals surface area contributed by atoms with Gasteiger partial charge in [0.25, 0.3) is 0 Å². The van der Waals surface area contributed by atoms with Gasteiger partial charge in [0.05, 0.1) is 12.5 Å². The Labute approximate surface area is 132 Å². The van der Waals surface area contributed by atoms with Gasteiger partial charge in [-0.2, -0.15) is 0 Å². The Morgan fingerprint density at radius 1 is 1.26 bits per heavy atom. The molecule has 0 atom stereocenters. The van der Waals surface area contributed by atoms with E-state index in [4.69, 9.17) is 4.74 Å². The number of benzene rings is 1. The van der Waals surface area contributed by atoms with Gasteiger partial charge >= 0.3 is 12.3 Å². The normalized spacial score (nSPS) is 21.7. The molecule has 1 N–H and O–H groups in total. The van der Waals surface area contributed by atoms with Crippen molar-refractivity contribution in [3.8, 4) is 11.5 Å². The van der Waals surface area contributed by atoms with Crippen LogP contribution in [0.5, 0.6) is 11.5 Å². The van der Waals surface area contributed by atoms with E-state index in [2.05, 4.69) is 4.74 Å². The van der Waals surface area contributed by atoms with Gasteiger partial charge in [0, 0.05) is 5.56 Å². The lowest BCUT2D eigenvalue weighted by molar-refractivity contribution is -0.274. The molecule has 0 bridgehead atoms. The summed E-state index contributed by atoms with van der Waals surface area (Å²) in [5.74, 6) is -0.915. The zero-order valence-electron chi connectivity index (χ0n) is 12.7. The second-order valence-corrected chi connectivity index (χ2v) is 5.57. The van der Waals surface area contributed by atoms with Gasteiger partial charge in [-0.15, -0.1) is 13.2 Å². The zero-order valence-corrected chi connectivity index (χ0v) is 12.7. The predicted octanol–water partition coefficient (Wildman–Crippen LogP) is 4.13. The standard InChI is InChI=1S/C16H19F3O4/c1-2-22-15(21)11-5-3-10(4-6-11)13-9-12(7-8-14(13)20)23-16(17,18)19/h7-11,20H,2-6H2,1H3. The molecule has 128 valence electrons.